The van der Waals surface area contributed by atoms with Crippen molar-refractivity contribution in [2.45, 2.75) is 56.4 Å². The summed E-state index contributed by atoms with van der Waals surface area (Å²) in [6, 6.07) is 11.1. The smallest absolute Gasteiger partial charge is 0.317 e. The van der Waals surface area contributed by atoms with Crippen molar-refractivity contribution in [3.8, 4) is 0 Å². The molecule has 0 atom stereocenters. The fourth-order valence-corrected chi connectivity index (χ4v) is 4.13. The molecule has 2 fully saturated rings. The third-order valence-corrected chi connectivity index (χ3v) is 5.86. The van der Waals surface area contributed by atoms with Gasteiger partial charge in [-0.3, -0.25) is 0 Å². The minimum atomic E-state index is 0.00255. The lowest BCUT2D eigenvalue weighted by Gasteiger charge is -2.39. The largest absolute Gasteiger partial charge is 0.381 e. The summed E-state index contributed by atoms with van der Waals surface area (Å²) >= 11 is 0. The molecule has 1 aromatic carbocycles. The van der Waals surface area contributed by atoms with Gasteiger partial charge in [-0.2, -0.15) is 0 Å². The standard InChI is InChI=1S/C20H30N2O2/c1-22(18-10-6-3-7-11-18)19(23)21-16-20(12-14-24-15-13-20)17-8-4-2-5-9-17/h2,4-5,8-9,18H,3,6-7,10-16H2,1H3,(H,21,23). The van der Waals surface area contributed by atoms with Crippen LogP contribution >= 0.6 is 0 Å². The lowest BCUT2D eigenvalue weighted by atomic mass is 9.74. The van der Waals surface area contributed by atoms with E-state index in [1.807, 2.05) is 18.0 Å². The van der Waals surface area contributed by atoms with Crippen LogP contribution in [0.1, 0.15) is 50.5 Å². The Bertz CT molecular complexity index is 520. The molecule has 0 spiro atoms. The zero-order valence-corrected chi connectivity index (χ0v) is 14.8. The summed E-state index contributed by atoms with van der Waals surface area (Å²) in [4.78, 5) is 14.6. The van der Waals surface area contributed by atoms with Gasteiger partial charge in [-0.1, -0.05) is 49.6 Å². The van der Waals surface area contributed by atoms with Gasteiger partial charge < -0.3 is 15.0 Å². The molecule has 1 aromatic rings. The van der Waals surface area contributed by atoms with Gasteiger partial charge in [0.1, 0.15) is 0 Å². The lowest BCUT2D eigenvalue weighted by Crippen LogP contribution is -2.50. The van der Waals surface area contributed by atoms with Gasteiger partial charge in [0, 0.05) is 38.3 Å². The summed E-state index contributed by atoms with van der Waals surface area (Å²) in [5, 5.41) is 3.22. The molecule has 132 valence electrons. The van der Waals surface area contributed by atoms with Crippen molar-refractivity contribution in [1.82, 2.24) is 10.2 Å². The van der Waals surface area contributed by atoms with Gasteiger partial charge in [0.15, 0.2) is 0 Å². The number of hydrogen-bond acceptors (Lipinski definition) is 2. The van der Waals surface area contributed by atoms with Crippen LogP contribution in [-0.4, -0.2) is 43.8 Å². The van der Waals surface area contributed by atoms with E-state index in [4.69, 9.17) is 4.74 Å². The number of carbonyl (C=O) groups excluding carboxylic acids is 1. The number of ether oxygens (including phenoxy) is 1. The second-order valence-electron chi connectivity index (χ2n) is 7.32. The van der Waals surface area contributed by atoms with E-state index in [-0.39, 0.29) is 11.4 Å². The predicted molar refractivity (Wildman–Crippen MR) is 96.2 cm³/mol. The Morgan fingerprint density at radius 2 is 1.83 bits per heavy atom. The summed E-state index contributed by atoms with van der Waals surface area (Å²) in [5.41, 5.74) is 1.32. The molecule has 2 amide bonds. The molecule has 3 rings (SSSR count). The molecule has 4 heteroatoms. The molecule has 1 saturated heterocycles. The molecule has 1 aliphatic heterocycles. The van der Waals surface area contributed by atoms with E-state index >= 15 is 0 Å². The fourth-order valence-electron chi connectivity index (χ4n) is 4.13. The van der Waals surface area contributed by atoms with Crippen molar-refractivity contribution in [3.05, 3.63) is 35.9 Å². The second-order valence-corrected chi connectivity index (χ2v) is 7.32. The number of urea groups is 1. The van der Waals surface area contributed by atoms with Gasteiger partial charge in [0.25, 0.3) is 0 Å². The molecule has 0 unspecified atom stereocenters. The van der Waals surface area contributed by atoms with Crippen molar-refractivity contribution in [2.75, 3.05) is 26.8 Å². The molecule has 2 aliphatic rings. The Labute approximate surface area is 145 Å². The minimum Gasteiger partial charge on any atom is -0.381 e. The van der Waals surface area contributed by atoms with Crippen LogP contribution in [0.3, 0.4) is 0 Å². The quantitative estimate of drug-likeness (QED) is 0.914. The zero-order chi connectivity index (χ0) is 16.8. The number of benzene rings is 1. The van der Waals surface area contributed by atoms with Crippen LogP contribution in [0.2, 0.25) is 0 Å². The molecule has 0 bridgehead atoms. The highest BCUT2D eigenvalue weighted by atomic mass is 16.5. The molecule has 0 aromatic heterocycles. The maximum atomic E-state index is 12.6. The molecule has 0 radical (unpaired) electrons. The van der Waals surface area contributed by atoms with Crippen LogP contribution in [0.4, 0.5) is 4.79 Å². The van der Waals surface area contributed by atoms with Crippen molar-refractivity contribution >= 4 is 6.03 Å². The Kier molecular flexibility index (Phi) is 5.77. The second kappa shape index (κ2) is 8.02. The number of hydrogen-bond donors (Lipinski definition) is 1. The van der Waals surface area contributed by atoms with Crippen molar-refractivity contribution in [1.29, 1.82) is 0 Å². The zero-order valence-electron chi connectivity index (χ0n) is 14.8. The average Bonchev–Trinajstić information content (AvgIpc) is 2.67. The van der Waals surface area contributed by atoms with E-state index in [1.54, 1.807) is 0 Å². The van der Waals surface area contributed by atoms with Crippen molar-refractivity contribution in [3.63, 3.8) is 0 Å². The third kappa shape index (κ3) is 3.92. The first-order valence-electron chi connectivity index (χ1n) is 9.35. The first kappa shape index (κ1) is 17.3. The Morgan fingerprint density at radius 1 is 1.17 bits per heavy atom. The number of nitrogens with one attached hydrogen (secondary N) is 1. The Hall–Kier alpha value is -1.55. The summed E-state index contributed by atoms with van der Waals surface area (Å²) in [6.45, 7) is 2.22. The highest BCUT2D eigenvalue weighted by Crippen LogP contribution is 2.34. The summed E-state index contributed by atoms with van der Waals surface area (Å²) in [5.74, 6) is 0. The topological polar surface area (TPSA) is 41.6 Å². The van der Waals surface area contributed by atoms with Gasteiger partial charge >= 0.3 is 6.03 Å². The van der Waals surface area contributed by atoms with E-state index in [9.17, 15) is 4.79 Å². The molecule has 1 N–H and O–H groups in total. The van der Waals surface area contributed by atoms with Gasteiger partial charge in [-0.15, -0.1) is 0 Å². The Morgan fingerprint density at radius 3 is 2.50 bits per heavy atom. The minimum absolute atomic E-state index is 0.00255. The number of amides is 2. The van der Waals surface area contributed by atoms with Gasteiger partial charge in [0.05, 0.1) is 0 Å². The van der Waals surface area contributed by atoms with E-state index in [0.29, 0.717) is 12.6 Å². The van der Waals surface area contributed by atoms with Crippen LogP contribution in [0.15, 0.2) is 30.3 Å². The van der Waals surface area contributed by atoms with E-state index in [2.05, 4.69) is 29.6 Å². The van der Waals surface area contributed by atoms with E-state index in [1.165, 1.54) is 24.8 Å². The summed E-state index contributed by atoms with van der Waals surface area (Å²) < 4.78 is 5.57. The normalized spacial score (nSPS) is 21.2. The van der Waals surface area contributed by atoms with Crippen LogP contribution in [0, 0.1) is 0 Å². The Balaban J connectivity index is 1.64. The molecule has 24 heavy (non-hydrogen) atoms. The predicted octanol–water partition coefficient (Wildman–Crippen LogP) is 3.71. The number of nitrogens with zero attached hydrogens (tertiary/aromatic N) is 1. The van der Waals surface area contributed by atoms with Crippen LogP contribution in [0.25, 0.3) is 0 Å². The fraction of sp³-hybridized carbons (Fsp3) is 0.650. The van der Waals surface area contributed by atoms with E-state index < -0.39 is 0 Å². The van der Waals surface area contributed by atoms with Crippen LogP contribution in [-0.2, 0) is 10.2 Å². The first-order valence-corrected chi connectivity index (χ1v) is 9.35. The number of carbonyl (C=O) groups is 1. The van der Waals surface area contributed by atoms with E-state index in [0.717, 1.165) is 38.9 Å². The molecule has 4 nitrogen and oxygen atoms in total. The summed E-state index contributed by atoms with van der Waals surface area (Å²) in [7, 11) is 1.95. The highest BCUT2D eigenvalue weighted by molar-refractivity contribution is 5.74. The molecule has 1 heterocycles. The lowest BCUT2D eigenvalue weighted by molar-refractivity contribution is 0.0499. The average molecular weight is 330 g/mol. The third-order valence-electron chi connectivity index (χ3n) is 5.86. The van der Waals surface area contributed by atoms with Crippen molar-refractivity contribution < 1.29 is 9.53 Å². The van der Waals surface area contributed by atoms with Crippen LogP contribution in [0.5, 0.6) is 0 Å². The maximum Gasteiger partial charge on any atom is 0.317 e. The number of rotatable bonds is 4. The van der Waals surface area contributed by atoms with Gasteiger partial charge in [0.2, 0.25) is 0 Å². The first-order chi connectivity index (χ1) is 11.7. The SMILES string of the molecule is CN(C(=O)NCC1(c2ccccc2)CCOCC1)C1CCCCC1. The molecule has 1 saturated carbocycles. The highest BCUT2D eigenvalue weighted by Gasteiger charge is 2.35. The van der Waals surface area contributed by atoms with Gasteiger partial charge in [-0.25, -0.2) is 4.79 Å². The molecular weight excluding hydrogens is 300 g/mol. The summed E-state index contributed by atoms with van der Waals surface area (Å²) in [6.07, 6.45) is 8.00. The maximum absolute atomic E-state index is 12.6. The molecule has 1 aliphatic carbocycles. The monoisotopic (exact) mass is 330 g/mol. The molecular formula is C20H30N2O2. The van der Waals surface area contributed by atoms with Crippen LogP contribution < -0.4 is 5.32 Å². The van der Waals surface area contributed by atoms with Crippen molar-refractivity contribution in [2.24, 2.45) is 0 Å². The van der Waals surface area contributed by atoms with Gasteiger partial charge in [-0.05, 0) is 31.2 Å².